The highest BCUT2D eigenvalue weighted by Crippen LogP contribution is 2.39. The van der Waals surface area contributed by atoms with Gasteiger partial charge in [-0.2, -0.15) is 17.5 Å². The molecule has 2 atom stereocenters. The number of aliphatic hydroxyl groups is 1. The maximum absolute atomic E-state index is 14.1. The zero-order valence-electron chi connectivity index (χ0n) is 19.4. The summed E-state index contributed by atoms with van der Waals surface area (Å²) in [5.74, 6) is -0.718. The number of sulfonamides is 1. The molecule has 0 aliphatic carbocycles. The molecule has 0 amide bonds. The Kier molecular flexibility index (Phi) is 7.65. The fourth-order valence-corrected chi connectivity index (χ4v) is 5.50. The van der Waals surface area contributed by atoms with Crippen LogP contribution in [0.25, 0.3) is 9.69 Å². The number of benzene rings is 2. The number of hydrogen-bond acceptors (Lipinski definition) is 4. The third-order valence-corrected chi connectivity index (χ3v) is 7.78. The molecule has 1 saturated heterocycles. The highest BCUT2D eigenvalue weighted by Gasteiger charge is 2.51. The highest BCUT2D eigenvalue weighted by atomic mass is 32.2. The van der Waals surface area contributed by atoms with E-state index >= 15 is 0 Å². The predicted molar refractivity (Wildman–Crippen MR) is 123 cm³/mol. The Balaban J connectivity index is 1.97. The van der Waals surface area contributed by atoms with Crippen LogP contribution in [0.1, 0.15) is 32.3 Å². The van der Waals surface area contributed by atoms with Crippen LogP contribution in [0.4, 0.5) is 28.9 Å². The Morgan fingerprint density at radius 2 is 1.83 bits per heavy atom. The monoisotopic (exact) mass is 525 g/mol. The Morgan fingerprint density at radius 1 is 1.17 bits per heavy atom. The zero-order chi connectivity index (χ0) is 26.9. The van der Waals surface area contributed by atoms with Gasteiger partial charge in [-0.05, 0) is 37.0 Å². The SMILES string of the molecule is [C-]#[N+]c1ccc(O[C@H]2CN(S(=O)(=O)c3ccc(C(F)(F)F)cc3[N+]#[C-])C[C@@]2(O)CCC(C)C)cc1F. The van der Waals surface area contributed by atoms with E-state index in [0.29, 0.717) is 18.6 Å². The van der Waals surface area contributed by atoms with Gasteiger partial charge in [0.2, 0.25) is 21.4 Å². The van der Waals surface area contributed by atoms with E-state index in [9.17, 15) is 31.1 Å². The summed E-state index contributed by atoms with van der Waals surface area (Å²) in [6, 6.07) is 5.25. The van der Waals surface area contributed by atoms with Crippen molar-refractivity contribution < 1.29 is 35.8 Å². The molecule has 2 aromatic rings. The van der Waals surface area contributed by atoms with Crippen LogP contribution in [-0.2, 0) is 16.2 Å². The molecule has 1 fully saturated rings. The zero-order valence-corrected chi connectivity index (χ0v) is 20.2. The van der Waals surface area contributed by atoms with Crippen LogP contribution in [0, 0.1) is 24.9 Å². The second-order valence-electron chi connectivity index (χ2n) is 8.96. The van der Waals surface area contributed by atoms with Gasteiger partial charge in [0, 0.05) is 18.2 Å². The number of hydrogen-bond donors (Lipinski definition) is 1. The summed E-state index contributed by atoms with van der Waals surface area (Å²) in [5.41, 5.74) is -3.79. The lowest BCUT2D eigenvalue weighted by atomic mass is 9.91. The summed E-state index contributed by atoms with van der Waals surface area (Å²) < 4.78 is 86.7. The molecule has 1 N–H and O–H groups in total. The molecule has 0 spiro atoms. The van der Waals surface area contributed by atoms with Crippen LogP contribution in [0.2, 0.25) is 0 Å². The van der Waals surface area contributed by atoms with Crippen LogP contribution in [0.5, 0.6) is 5.75 Å². The lowest BCUT2D eigenvalue weighted by Gasteiger charge is -2.30. The number of nitrogens with zero attached hydrogens (tertiary/aromatic N) is 3. The molecule has 7 nitrogen and oxygen atoms in total. The van der Waals surface area contributed by atoms with Crippen molar-refractivity contribution in [2.45, 2.75) is 49.5 Å². The Labute approximate surface area is 206 Å². The van der Waals surface area contributed by atoms with Crippen molar-refractivity contribution in [3.8, 4) is 5.75 Å². The Hall–Kier alpha value is -3.19. The number of halogens is 4. The highest BCUT2D eigenvalue weighted by molar-refractivity contribution is 7.89. The normalized spacial score (nSPS) is 20.8. The first-order valence-electron chi connectivity index (χ1n) is 10.9. The van der Waals surface area contributed by atoms with E-state index in [-0.39, 0.29) is 30.3 Å². The van der Waals surface area contributed by atoms with Crippen LogP contribution in [-0.4, -0.2) is 42.6 Å². The van der Waals surface area contributed by atoms with E-state index < -0.39 is 56.4 Å². The van der Waals surface area contributed by atoms with Crippen molar-refractivity contribution in [1.82, 2.24) is 4.31 Å². The minimum absolute atomic E-state index is 0.0245. The fourth-order valence-electron chi connectivity index (χ4n) is 3.89. The van der Waals surface area contributed by atoms with Gasteiger partial charge in [-0.15, -0.1) is 0 Å². The van der Waals surface area contributed by atoms with Crippen molar-refractivity contribution in [2.24, 2.45) is 5.92 Å². The number of rotatable bonds is 7. The van der Waals surface area contributed by atoms with E-state index in [4.69, 9.17) is 17.9 Å². The second kappa shape index (κ2) is 10.1. The number of ether oxygens (including phenoxy) is 1. The van der Waals surface area contributed by atoms with Gasteiger partial charge in [0.05, 0.1) is 24.6 Å². The van der Waals surface area contributed by atoms with Crippen molar-refractivity contribution in [3.63, 3.8) is 0 Å². The van der Waals surface area contributed by atoms with E-state index in [1.807, 2.05) is 13.8 Å². The predicted octanol–water partition coefficient (Wildman–Crippen LogP) is 5.57. The average molecular weight is 526 g/mol. The molecule has 0 radical (unpaired) electrons. The smallest absolute Gasteiger partial charge is 0.415 e. The second-order valence-corrected chi connectivity index (χ2v) is 10.9. The minimum atomic E-state index is -4.76. The van der Waals surface area contributed by atoms with E-state index in [1.165, 1.54) is 12.1 Å². The van der Waals surface area contributed by atoms with Gasteiger partial charge in [-0.3, -0.25) is 0 Å². The first kappa shape index (κ1) is 27.4. The topological polar surface area (TPSA) is 75.6 Å². The van der Waals surface area contributed by atoms with Gasteiger partial charge in [-0.25, -0.2) is 22.5 Å². The van der Waals surface area contributed by atoms with Crippen LogP contribution >= 0.6 is 0 Å². The summed E-state index contributed by atoms with van der Waals surface area (Å²) in [7, 11) is -4.50. The lowest BCUT2D eigenvalue weighted by molar-refractivity contribution is -0.137. The summed E-state index contributed by atoms with van der Waals surface area (Å²) in [6.45, 7) is 17.1. The van der Waals surface area contributed by atoms with Gasteiger partial charge in [0.25, 0.3) is 0 Å². The molecule has 1 aliphatic heterocycles. The standard InChI is InChI=1S/C24H23F4N3O4S/c1-15(2)9-10-23(32)14-31(13-22(23)35-17-6-7-19(29-3)18(25)12-17)36(33,34)21-8-5-16(24(26,27)28)11-20(21)30-4/h5-8,11-12,15,22,32H,9-10,13-14H2,1-2H3/t22-,23-/m0/s1. The summed E-state index contributed by atoms with van der Waals surface area (Å²) in [6.07, 6.45) is -5.27. The maximum Gasteiger partial charge on any atom is 0.415 e. The third-order valence-electron chi connectivity index (χ3n) is 5.92. The van der Waals surface area contributed by atoms with Gasteiger partial charge < -0.3 is 9.84 Å². The van der Waals surface area contributed by atoms with Crippen molar-refractivity contribution in [2.75, 3.05) is 13.1 Å². The molecule has 1 aliphatic rings. The van der Waals surface area contributed by atoms with Gasteiger partial charge in [0.15, 0.2) is 0 Å². The summed E-state index contributed by atoms with van der Waals surface area (Å²) in [4.78, 5) is 5.38. The Bertz CT molecular complexity index is 1330. The van der Waals surface area contributed by atoms with Crippen molar-refractivity contribution >= 4 is 21.4 Å². The van der Waals surface area contributed by atoms with E-state index in [1.54, 1.807) is 0 Å². The van der Waals surface area contributed by atoms with Crippen molar-refractivity contribution in [1.29, 1.82) is 0 Å². The first-order chi connectivity index (χ1) is 16.7. The molecule has 0 saturated carbocycles. The van der Waals surface area contributed by atoms with E-state index in [0.717, 1.165) is 16.4 Å². The molecule has 1 heterocycles. The number of alkyl halides is 3. The van der Waals surface area contributed by atoms with Crippen molar-refractivity contribution in [3.05, 3.63) is 70.6 Å². The molecule has 12 heteroatoms. The molecule has 192 valence electrons. The van der Waals surface area contributed by atoms with Gasteiger partial charge in [0.1, 0.15) is 23.3 Å². The van der Waals surface area contributed by atoms with E-state index in [2.05, 4.69) is 9.69 Å². The molecule has 0 bridgehead atoms. The van der Waals surface area contributed by atoms with Crippen LogP contribution in [0.3, 0.4) is 0 Å². The van der Waals surface area contributed by atoms with Gasteiger partial charge in [-0.1, -0.05) is 26.0 Å². The van der Waals surface area contributed by atoms with Crippen LogP contribution < -0.4 is 4.74 Å². The fraction of sp³-hybridized carbons (Fsp3) is 0.417. The largest absolute Gasteiger partial charge is 0.486 e. The molecular weight excluding hydrogens is 502 g/mol. The molecule has 36 heavy (non-hydrogen) atoms. The third kappa shape index (κ3) is 5.62. The maximum atomic E-state index is 14.1. The quantitative estimate of drug-likeness (QED) is 0.379. The average Bonchev–Trinajstić information content (AvgIpc) is 3.14. The number of β-amino-alcohol motifs (C(OH)–C–C–N with tert-alkyl or cyclic N) is 1. The summed E-state index contributed by atoms with van der Waals surface area (Å²) in [5, 5.41) is 11.4. The Morgan fingerprint density at radius 3 is 2.39 bits per heavy atom. The molecular formula is C24H23F4N3O4S. The first-order valence-corrected chi connectivity index (χ1v) is 12.3. The summed E-state index contributed by atoms with van der Waals surface area (Å²) >= 11 is 0. The molecule has 0 unspecified atom stereocenters. The molecule has 2 aromatic carbocycles. The molecule has 3 rings (SSSR count). The molecule has 0 aromatic heterocycles. The lowest BCUT2D eigenvalue weighted by Crippen LogP contribution is -2.45. The van der Waals surface area contributed by atoms with Crippen LogP contribution in [0.15, 0.2) is 41.3 Å². The van der Waals surface area contributed by atoms with Gasteiger partial charge >= 0.3 is 6.18 Å². The minimum Gasteiger partial charge on any atom is -0.486 e.